The number of aliphatic hydroxyl groups is 1. The molecule has 0 aliphatic rings. The van der Waals surface area contributed by atoms with Crippen molar-refractivity contribution in [3.8, 4) is 5.75 Å². The van der Waals surface area contributed by atoms with Crippen molar-refractivity contribution in [1.82, 2.24) is 0 Å². The lowest BCUT2D eigenvalue weighted by atomic mass is 9.98. The third-order valence-electron chi connectivity index (χ3n) is 2.49. The number of hydrogen-bond acceptors (Lipinski definition) is 3. The lowest BCUT2D eigenvalue weighted by Gasteiger charge is -2.21. The number of hydrogen-bond donors (Lipinski definition) is 2. The van der Waals surface area contributed by atoms with Crippen LogP contribution in [0.25, 0.3) is 0 Å². The van der Waals surface area contributed by atoms with Crippen LogP contribution in [0.5, 0.6) is 5.75 Å². The summed E-state index contributed by atoms with van der Waals surface area (Å²) in [5, 5.41) is 9.76. The molecule has 18 heavy (non-hydrogen) atoms. The molecule has 1 aromatic rings. The second kappa shape index (κ2) is 8.24. The molecule has 6 heteroatoms. The zero-order valence-corrected chi connectivity index (χ0v) is 10.9. The minimum absolute atomic E-state index is 0. The molecule has 0 saturated carbocycles. The molecular weight excluding hydrogens is 264 g/mol. The molecule has 2 atom stereocenters. The van der Waals surface area contributed by atoms with Crippen molar-refractivity contribution in [3.05, 3.63) is 29.8 Å². The van der Waals surface area contributed by atoms with Crippen LogP contribution in [0.15, 0.2) is 24.3 Å². The summed E-state index contributed by atoms with van der Waals surface area (Å²) >= 11 is 0. The molecule has 0 saturated heterocycles. The van der Waals surface area contributed by atoms with E-state index in [0.717, 1.165) is 6.42 Å². The summed E-state index contributed by atoms with van der Waals surface area (Å²) in [5.74, 6) is 0.0187. The lowest BCUT2D eigenvalue weighted by molar-refractivity contribution is -0.0510. The van der Waals surface area contributed by atoms with Crippen LogP contribution in [0, 0.1) is 0 Å². The summed E-state index contributed by atoms with van der Waals surface area (Å²) < 4.78 is 28.7. The maximum absolute atomic E-state index is 12.2. The molecule has 0 unspecified atom stereocenters. The van der Waals surface area contributed by atoms with E-state index in [4.69, 9.17) is 5.73 Å². The second-order valence-corrected chi connectivity index (χ2v) is 3.80. The molecule has 0 aliphatic carbocycles. The average Bonchev–Trinajstić information content (AvgIpc) is 2.28. The molecule has 0 aromatic heterocycles. The van der Waals surface area contributed by atoms with Gasteiger partial charge in [-0.2, -0.15) is 8.78 Å². The van der Waals surface area contributed by atoms with Crippen molar-refractivity contribution in [2.75, 3.05) is 0 Å². The molecule has 0 amide bonds. The van der Waals surface area contributed by atoms with Crippen LogP contribution in [-0.4, -0.2) is 17.8 Å². The van der Waals surface area contributed by atoms with Gasteiger partial charge in [0.05, 0.1) is 12.1 Å². The van der Waals surface area contributed by atoms with E-state index in [-0.39, 0.29) is 18.2 Å². The number of ether oxygens (including phenoxy) is 1. The van der Waals surface area contributed by atoms with E-state index in [1.54, 1.807) is 18.2 Å². The zero-order valence-electron chi connectivity index (χ0n) is 10.1. The predicted molar refractivity (Wildman–Crippen MR) is 68.2 cm³/mol. The Morgan fingerprint density at radius 3 is 2.50 bits per heavy atom. The third-order valence-corrected chi connectivity index (χ3v) is 2.49. The van der Waals surface area contributed by atoms with Crippen molar-refractivity contribution in [2.24, 2.45) is 5.73 Å². The van der Waals surface area contributed by atoms with E-state index in [2.05, 4.69) is 4.74 Å². The van der Waals surface area contributed by atoms with Gasteiger partial charge in [-0.3, -0.25) is 0 Å². The van der Waals surface area contributed by atoms with Gasteiger partial charge in [-0.1, -0.05) is 31.5 Å². The van der Waals surface area contributed by atoms with Crippen molar-refractivity contribution >= 4 is 12.4 Å². The Kier molecular flexibility index (Phi) is 7.82. The van der Waals surface area contributed by atoms with E-state index < -0.39 is 18.8 Å². The fraction of sp³-hybridized carbons (Fsp3) is 0.500. The topological polar surface area (TPSA) is 55.5 Å². The van der Waals surface area contributed by atoms with Crippen molar-refractivity contribution in [3.63, 3.8) is 0 Å². The second-order valence-electron chi connectivity index (χ2n) is 3.80. The molecule has 3 N–H and O–H groups in total. The summed E-state index contributed by atoms with van der Waals surface area (Å²) in [7, 11) is 0. The van der Waals surface area contributed by atoms with Crippen molar-refractivity contribution < 1.29 is 18.6 Å². The molecule has 0 radical (unpaired) electrons. The van der Waals surface area contributed by atoms with Gasteiger partial charge in [0.25, 0.3) is 0 Å². The van der Waals surface area contributed by atoms with Crippen molar-refractivity contribution in [2.45, 2.75) is 38.5 Å². The molecule has 104 valence electrons. The molecular formula is C12H18ClF2NO2. The Morgan fingerprint density at radius 1 is 1.33 bits per heavy atom. The number of alkyl halides is 2. The normalized spacial score (nSPS) is 13.9. The van der Waals surface area contributed by atoms with Gasteiger partial charge in [-0.15, -0.1) is 12.4 Å². The highest BCUT2D eigenvalue weighted by Gasteiger charge is 2.20. The Labute approximate surface area is 111 Å². The molecule has 0 spiro atoms. The van der Waals surface area contributed by atoms with E-state index in [1.807, 2.05) is 6.92 Å². The summed E-state index contributed by atoms with van der Waals surface area (Å²) in [4.78, 5) is 0. The van der Waals surface area contributed by atoms with E-state index in [1.165, 1.54) is 6.07 Å². The Morgan fingerprint density at radius 2 is 1.94 bits per heavy atom. The summed E-state index contributed by atoms with van der Waals surface area (Å²) in [6, 6.07) is 5.54. The number of halogens is 3. The van der Waals surface area contributed by atoms with E-state index in [9.17, 15) is 13.9 Å². The van der Waals surface area contributed by atoms with Crippen LogP contribution >= 0.6 is 12.4 Å². The highest BCUT2D eigenvalue weighted by molar-refractivity contribution is 5.85. The molecule has 0 aliphatic heterocycles. The number of para-hydroxylation sites is 1. The average molecular weight is 282 g/mol. The zero-order chi connectivity index (χ0) is 12.8. The molecule has 0 heterocycles. The number of nitrogens with two attached hydrogens (primary N) is 1. The van der Waals surface area contributed by atoms with Gasteiger partial charge in [0.2, 0.25) is 0 Å². The van der Waals surface area contributed by atoms with Crippen LogP contribution in [0.4, 0.5) is 8.78 Å². The standard InChI is InChI=1S/C12H17F2NO2.ClH/c1-2-5-9(16)11(15)8-6-3-4-7-10(8)17-12(13)14;/h3-4,6-7,9,11-12,16H,2,5,15H2,1H3;1H/t9-,11+;/m1./s1. The minimum Gasteiger partial charge on any atom is -0.434 e. The predicted octanol–water partition coefficient (Wildman–Crippen LogP) is 2.87. The Hall–Kier alpha value is -0.910. The highest BCUT2D eigenvalue weighted by Crippen LogP contribution is 2.28. The van der Waals surface area contributed by atoms with Crippen LogP contribution in [0.2, 0.25) is 0 Å². The first-order valence-electron chi connectivity index (χ1n) is 5.53. The number of rotatable bonds is 6. The minimum atomic E-state index is -2.90. The first kappa shape index (κ1) is 17.1. The van der Waals surface area contributed by atoms with Crippen LogP contribution in [-0.2, 0) is 0 Å². The third kappa shape index (κ3) is 4.76. The van der Waals surface area contributed by atoms with Crippen LogP contribution in [0.1, 0.15) is 31.4 Å². The fourth-order valence-corrected chi connectivity index (χ4v) is 1.64. The number of benzene rings is 1. The van der Waals surface area contributed by atoms with Gasteiger partial charge in [0.1, 0.15) is 5.75 Å². The molecule has 3 nitrogen and oxygen atoms in total. The Balaban J connectivity index is 0.00000289. The molecule has 0 bridgehead atoms. The van der Waals surface area contributed by atoms with Crippen molar-refractivity contribution in [1.29, 1.82) is 0 Å². The molecule has 0 fully saturated rings. The van der Waals surface area contributed by atoms with Crippen LogP contribution in [0.3, 0.4) is 0 Å². The molecule has 1 rings (SSSR count). The molecule has 1 aromatic carbocycles. The first-order valence-corrected chi connectivity index (χ1v) is 5.53. The van der Waals surface area contributed by atoms with Gasteiger partial charge < -0.3 is 15.6 Å². The first-order chi connectivity index (χ1) is 8.06. The monoisotopic (exact) mass is 281 g/mol. The summed E-state index contributed by atoms with van der Waals surface area (Å²) in [5.41, 5.74) is 6.22. The van der Waals surface area contributed by atoms with E-state index >= 15 is 0 Å². The lowest BCUT2D eigenvalue weighted by Crippen LogP contribution is -2.26. The van der Waals surface area contributed by atoms with Gasteiger partial charge >= 0.3 is 6.61 Å². The quantitative estimate of drug-likeness (QED) is 0.843. The van der Waals surface area contributed by atoms with Gasteiger partial charge in [-0.25, -0.2) is 0 Å². The number of aliphatic hydroxyl groups excluding tert-OH is 1. The van der Waals surface area contributed by atoms with E-state index in [0.29, 0.717) is 12.0 Å². The SMILES string of the molecule is CCC[C@@H](O)[C@@H](N)c1ccccc1OC(F)F.Cl. The maximum Gasteiger partial charge on any atom is 0.387 e. The Bertz CT molecular complexity index is 353. The smallest absolute Gasteiger partial charge is 0.387 e. The van der Waals surface area contributed by atoms with Crippen LogP contribution < -0.4 is 10.5 Å². The fourth-order valence-electron chi connectivity index (χ4n) is 1.64. The maximum atomic E-state index is 12.2. The van der Waals surface area contributed by atoms with Gasteiger partial charge in [0.15, 0.2) is 0 Å². The largest absolute Gasteiger partial charge is 0.434 e. The van der Waals surface area contributed by atoms with Gasteiger partial charge in [-0.05, 0) is 12.5 Å². The highest BCUT2D eigenvalue weighted by atomic mass is 35.5. The van der Waals surface area contributed by atoms with Gasteiger partial charge in [0, 0.05) is 5.56 Å². The summed E-state index contributed by atoms with van der Waals surface area (Å²) in [6.45, 7) is -0.982. The summed E-state index contributed by atoms with van der Waals surface area (Å²) in [6.07, 6.45) is 0.527.